The summed E-state index contributed by atoms with van der Waals surface area (Å²) in [6.45, 7) is 2.04. The van der Waals surface area contributed by atoms with E-state index in [-0.39, 0.29) is 11.3 Å². The largest absolute Gasteiger partial charge is 0.493 e. The average Bonchev–Trinajstić information content (AvgIpc) is 2.91. The Bertz CT molecular complexity index is 1390. The molecule has 0 bridgehead atoms. The molecule has 1 heterocycles. The van der Waals surface area contributed by atoms with Crippen molar-refractivity contribution in [2.45, 2.75) is 13.0 Å². The number of hydrogen-bond donors (Lipinski definition) is 2. The second-order valence-corrected chi connectivity index (χ2v) is 8.43. The van der Waals surface area contributed by atoms with E-state index < -0.39 is 0 Å². The van der Waals surface area contributed by atoms with Gasteiger partial charge >= 0.3 is 0 Å². The van der Waals surface area contributed by atoms with E-state index in [1.54, 1.807) is 41.6 Å². The lowest BCUT2D eigenvalue weighted by Crippen LogP contribution is -2.09. The highest BCUT2D eigenvalue weighted by atomic mass is 35.5. The smallest absolute Gasteiger partial charge is 0.224 e. The van der Waals surface area contributed by atoms with Gasteiger partial charge in [-0.2, -0.15) is 0 Å². The fraction of sp³-hybridized carbons (Fsp3) is 0.259. The predicted octanol–water partition coefficient (Wildman–Crippen LogP) is 6.24. The van der Waals surface area contributed by atoms with Crippen LogP contribution >= 0.6 is 11.6 Å². The predicted molar refractivity (Wildman–Crippen MR) is 146 cm³/mol. The third-order valence-electron chi connectivity index (χ3n) is 5.87. The molecule has 4 aromatic rings. The van der Waals surface area contributed by atoms with E-state index in [2.05, 4.69) is 26.7 Å². The lowest BCUT2D eigenvalue weighted by molar-refractivity contribution is 0.324. The molecule has 0 unspecified atom stereocenters. The van der Waals surface area contributed by atoms with Crippen molar-refractivity contribution in [3.8, 4) is 28.7 Å². The fourth-order valence-corrected chi connectivity index (χ4v) is 4.21. The summed E-state index contributed by atoms with van der Waals surface area (Å²) in [5.41, 5.74) is 3.35. The van der Waals surface area contributed by atoms with Crippen molar-refractivity contribution in [3.05, 3.63) is 59.4 Å². The van der Waals surface area contributed by atoms with E-state index in [1.807, 2.05) is 43.3 Å². The summed E-state index contributed by atoms with van der Waals surface area (Å²) >= 11 is 6.24. The molecule has 0 aliphatic heterocycles. The molecule has 0 radical (unpaired) electrons. The summed E-state index contributed by atoms with van der Waals surface area (Å²) in [4.78, 5) is 8.78. The molecular weight excluding hydrogens is 496 g/mol. The molecule has 0 amide bonds. The van der Waals surface area contributed by atoms with Crippen molar-refractivity contribution in [1.82, 2.24) is 9.97 Å². The van der Waals surface area contributed by atoms with Crippen molar-refractivity contribution < 1.29 is 23.7 Å². The Morgan fingerprint density at radius 1 is 0.730 bits per heavy atom. The summed E-state index contributed by atoms with van der Waals surface area (Å²) in [6, 6.07) is 15.3. The van der Waals surface area contributed by atoms with E-state index in [0.717, 1.165) is 22.3 Å². The van der Waals surface area contributed by atoms with Crippen LogP contribution in [0, 0.1) is 0 Å². The van der Waals surface area contributed by atoms with E-state index in [4.69, 9.17) is 35.3 Å². The monoisotopic (exact) mass is 524 g/mol. The molecule has 0 aliphatic rings. The first-order chi connectivity index (χ1) is 17.9. The summed E-state index contributed by atoms with van der Waals surface area (Å²) < 4.78 is 27.2. The number of benzene rings is 3. The Morgan fingerprint density at radius 3 is 2.00 bits per heavy atom. The van der Waals surface area contributed by atoms with Crippen LogP contribution in [-0.2, 0) is 0 Å². The molecule has 194 valence electrons. The average molecular weight is 525 g/mol. The minimum atomic E-state index is -0.107. The molecule has 37 heavy (non-hydrogen) atoms. The van der Waals surface area contributed by atoms with Gasteiger partial charge in [0, 0.05) is 35.0 Å². The molecule has 0 aliphatic carbocycles. The van der Waals surface area contributed by atoms with E-state index >= 15 is 0 Å². The first-order valence-corrected chi connectivity index (χ1v) is 11.8. The molecule has 0 spiro atoms. The molecule has 0 fully saturated rings. The van der Waals surface area contributed by atoms with Crippen LogP contribution in [0.2, 0.25) is 5.28 Å². The Hall–Kier alpha value is -4.11. The van der Waals surface area contributed by atoms with Gasteiger partial charge in [0.05, 0.1) is 47.1 Å². The van der Waals surface area contributed by atoms with Crippen molar-refractivity contribution in [2.75, 3.05) is 46.2 Å². The quantitative estimate of drug-likeness (QED) is 0.233. The number of halogens is 1. The molecule has 0 saturated heterocycles. The molecule has 9 nitrogen and oxygen atoms in total. The topological polar surface area (TPSA) is 96.0 Å². The maximum Gasteiger partial charge on any atom is 0.224 e. The number of fused-ring (bicyclic) bond motifs is 1. The van der Waals surface area contributed by atoms with Crippen LogP contribution in [0.15, 0.2) is 48.5 Å². The SMILES string of the molecule is COc1cc2nc(Cl)nc(N[C@H](C)c3cccc(Nc4cc(OC)c(OC)c(OC)c4)c3)c2cc1OC. The second-order valence-electron chi connectivity index (χ2n) is 8.10. The Balaban J connectivity index is 1.62. The molecule has 1 aromatic heterocycles. The first kappa shape index (κ1) is 26.0. The van der Waals surface area contributed by atoms with Crippen LogP contribution in [0.4, 0.5) is 17.2 Å². The van der Waals surface area contributed by atoms with Crippen LogP contribution in [-0.4, -0.2) is 45.5 Å². The number of methoxy groups -OCH3 is 5. The van der Waals surface area contributed by atoms with Crippen molar-refractivity contribution in [1.29, 1.82) is 0 Å². The fourth-order valence-electron chi connectivity index (χ4n) is 4.03. The van der Waals surface area contributed by atoms with Gasteiger partial charge in [-0.05, 0) is 42.3 Å². The number of ether oxygens (including phenoxy) is 5. The Labute approximate surface area is 220 Å². The van der Waals surface area contributed by atoms with E-state index in [9.17, 15) is 0 Å². The normalized spacial score (nSPS) is 11.5. The number of anilines is 3. The summed E-state index contributed by atoms with van der Waals surface area (Å²) in [7, 11) is 7.91. The Morgan fingerprint density at radius 2 is 1.38 bits per heavy atom. The molecule has 10 heteroatoms. The lowest BCUT2D eigenvalue weighted by atomic mass is 10.1. The van der Waals surface area contributed by atoms with Gasteiger partial charge in [0.1, 0.15) is 5.82 Å². The summed E-state index contributed by atoms with van der Waals surface area (Å²) in [6.07, 6.45) is 0. The third-order valence-corrected chi connectivity index (χ3v) is 6.04. The van der Waals surface area contributed by atoms with Crippen LogP contribution in [0.1, 0.15) is 18.5 Å². The number of aromatic nitrogens is 2. The zero-order chi connectivity index (χ0) is 26.5. The van der Waals surface area contributed by atoms with Gasteiger partial charge in [-0.25, -0.2) is 9.97 Å². The first-order valence-electron chi connectivity index (χ1n) is 11.4. The highest BCUT2D eigenvalue weighted by Gasteiger charge is 2.16. The molecule has 4 rings (SSSR count). The van der Waals surface area contributed by atoms with Gasteiger partial charge in [0.2, 0.25) is 11.0 Å². The van der Waals surface area contributed by atoms with Gasteiger partial charge in [0.15, 0.2) is 23.0 Å². The molecule has 0 saturated carbocycles. The standard InChI is InChI=1S/C27H29ClN4O5/c1-15(29-26-19-13-21(33-2)22(34-3)14-20(19)31-27(28)32-26)16-8-7-9-17(10-16)30-18-11-23(35-4)25(37-6)24(12-18)36-5/h7-15,30H,1-6H3,(H,29,31,32)/t15-/m1/s1. The minimum absolute atomic E-state index is 0.107. The summed E-state index contributed by atoms with van der Waals surface area (Å²) in [5.74, 6) is 3.39. The maximum absolute atomic E-state index is 6.24. The number of nitrogens with one attached hydrogen (secondary N) is 2. The molecule has 3 aromatic carbocycles. The third kappa shape index (κ3) is 5.51. The lowest BCUT2D eigenvalue weighted by Gasteiger charge is -2.19. The summed E-state index contributed by atoms with van der Waals surface area (Å²) in [5, 5.41) is 7.76. The Kier molecular flexibility index (Phi) is 7.93. The van der Waals surface area contributed by atoms with Crippen LogP contribution in [0.3, 0.4) is 0 Å². The highest BCUT2D eigenvalue weighted by Crippen LogP contribution is 2.41. The highest BCUT2D eigenvalue weighted by molar-refractivity contribution is 6.28. The molecular formula is C27H29ClN4O5. The maximum atomic E-state index is 6.24. The molecule has 2 N–H and O–H groups in total. The number of hydrogen-bond acceptors (Lipinski definition) is 9. The van der Waals surface area contributed by atoms with Crippen LogP contribution < -0.4 is 34.3 Å². The van der Waals surface area contributed by atoms with Gasteiger partial charge in [-0.3, -0.25) is 0 Å². The van der Waals surface area contributed by atoms with E-state index in [1.165, 1.54) is 0 Å². The van der Waals surface area contributed by atoms with Crippen molar-refractivity contribution in [2.24, 2.45) is 0 Å². The van der Waals surface area contributed by atoms with Crippen LogP contribution in [0.25, 0.3) is 10.9 Å². The molecule has 1 atom stereocenters. The van der Waals surface area contributed by atoms with Gasteiger partial charge in [-0.1, -0.05) is 12.1 Å². The second kappa shape index (κ2) is 11.3. The van der Waals surface area contributed by atoms with Crippen molar-refractivity contribution >= 4 is 39.7 Å². The number of rotatable bonds is 10. The van der Waals surface area contributed by atoms with Crippen LogP contribution in [0.5, 0.6) is 28.7 Å². The minimum Gasteiger partial charge on any atom is -0.493 e. The van der Waals surface area contributed by atoms with E-state index in [0.29, 0.717) is 40.1 Å². The van der Waals surface area contributed by atoms with Gasteiger partial charge in [-0.15, -0.1) is 0 Å². The zero-order valence-electron chi connectivity index (χ0n) is 21.5. The van der Waals surface area contributed by atoms with Gasteiger partial charge in [0.25, 0.3) is 0 Å². The van der Waals surface area contributed by atoms with Crippen molar-refractivity contribution in [3.63, 3.8) is 0 Å². The van der Waals surface area contributed by atoms with Gasteiger partial charge < -0.3 is 34.3 Å². The zero-order valence-corrected chi connectivity index (χ0v) is 22.3. The number of nitrogens with zero attached hydrogens (tertiary/aromatic N) is 2.